The molecule has 13 heavy (non-hydrogen) atoms. The molecule has 2 atom stereocenters. The smallest absolute Gasteiger partial charge is 0.141 e. The van der Waals surface area contributed by atoms with Crippen LogP contribution in [0.1, 0.15) is 37.1 Å². The van der Waals surface area contributed by atoms with Crippen LogP contribution in [-0.2, 0) is 0 Å². The lowest BCUT2D eigenvalue weighted by atomic mass is 10.0. The number of aliphatic hydroxyl groups is 1. The van der Waals surface area contributed by atoms with Crippen LogP contribution in [0.25, 0.3) is 0 Å². The van der Waals surface area contributed by atoms with E-state index in [0.29, 0.717) is 5.92 Å². The summed E-state index contributed by atoms with van der Waals surface area (Å²) >= 11 is 0. The Morgan fingerprint density at radius 3 is 3.15 bits per heavy atom. The van der Waals surface area contributed by atoms with E-state index < -0.39 is 6.10 Å². The summed E-state index contributed by atoms with van der Waals surface area (Å²) in [6.07, 6.45) is 1.19. The molecule has 1 aromatic heterocycles. The first kappa shape index (κ1) is 8.51. The summed E-state index contributed by atoms with van der Waals surface area (Å²) in [6.45, 7) is 4.55. The molecule has 0 amide bonds. The lowest BCUT2D eigenvalue weighted by molar-refractivity contribution is 0.194. The largest absolute Gasteiger partial charge is 0.491 e. The minimum absolute atomic E-state index is 0.412. The maximum absolute atomic E-state index is 9.34. The maximum Gasteiger partial charge on any atom is 0.141 e. The zero-order valence-electron chi connectivity index (χ0n) is 7.82. The van der Waals surface area contributed by atoms with Gasteiger partial charge in [-0.25, -0.2) is 0 Å². The van der Waals surface area contributed by atoms with Gasteiger partial charge in [0.2, 0.25) is 0 Å². The van der Waals surface area contributed by atoms with Crippen LogP contribution in [0.3, 0.4) is 0 Å². The molecule has 1 aliphatic rings. The number of nitrogens with zero attached hydrogens (tertiary/aromatic N) is 1. The van der Waals surface area contributed by atoms with E-state index in [-0.39, 0.29) is 0 Å². The van der Waals surface area contributed by atoms with Gasteiger partial charge in [-0.2, -0.15) is 0 Å². The minimum Gasteiger partial charge on any atom is -0.491 e. The molecule has 2 unspecified atom stereocenters. The highest BCUT2D eigenvalue weighted by molar-refractivity contribution is 5.38. The second kappa shape index (κ2) is 3.00. The molecule has 0 saturated heterocycles. The molecule has 0 radical (unpaired) electrons. The summed E-state index contributed by atoms with van der Waals surface area (Å²) in [6, 6.07) is 1.93. The first-order valence-corrected chi connectivity index (χ1v) is 4.49. The molecule has 70 valence electrons. The third-order valence-electron chi connectivity index (χ3n) is 2.37. The van der Waals surface area contributed by atoms with Gasteiger partial charge in [0.05, 0.1) is 24.6 Å². The zero-order chi connectivity index (χ0) is 9.42. The monoisotopic (exact) mass is 179 g/mol. The zero-order valence-corrected chi connectivity index (χ0v) is 7.82. The number of hydrogen-bond donors (Lipinski definition) is 1. The normalized spacial score (nSPS) is 22.2. The van der Waals surface area contributed by atoms with E-state index in [1.165, 1.54) is 0 Å². The van der Waals surface area contributed by atoms with Crippen molar-refractivity contribution in [3.05, 3.63) is 23.5 Å². The number of pyridine rings is 1. The highest BCUT2D eigenvalue weighted by Crippen LogP contribution is 2.33. The van der Waals surface area contributed by atoms with E-state index in [4.69, 9.17) is 4.74 Å². The highest BCUT2D eigenvalue weighted by atomic mass is 16.5. The molecule has 3 heteroatoms. The summed E-state index contributed by atoms with van der Waals surface area (Å²) in [5.74, 6) is 1.27. The number of ether oxygens (including phenoxy) is 1. The predicted molar refractivity (Wildman–Crippen MR) is 48.8 cm³/mol. The van der Waals surface area contributed by atoms with Crippen molar-refractivity contribution in [1.29, 1.82) is 0 Å². The van der Waals surface area contributed by atoms with Crippen molar-refractivity contribution in [1.82, 2.24) is 4.98 Å². The average molecular weight is 179 g/mol. The molecule has 1 N–H and O–H groups in total. The second-order valence-corrected chi connectivity index (χ2v) is 3.54. The third-order valence-corrected chi connectivity index (χ3v) is 2.37. The molecule has 0 aliphatic carbocycles. The van der Waals surface area contributed by atoms with E-state index >= 15 is 0 Å². The van der Waals surface area contributed by atoms with Crippen LogP contribution in [0.5, 0.6) is 5.75 Å². The molecular formula is C10H13NO2. The summed E-state index contributed by atoms with van der Waals surface area (Å²) < 4.78 is 5.40. The molecule has 3 nitrogen and oxygen atoms in total. The van der Waals surface area contributed by atoms with Gasteiger partial charge in [-0.1, -0.05) is 6.92 Å². The van der Waals surface area contributed by atoms with Crippen LogP contribution >= 0.6 is 0 Å². The van der Waals surface area contributed by atoms with Crippen molar-refractivity contribution >= 4 is 0 Å². The molecular weight excluding hydrogens is 166 g/mol. The van der Waals surface area contributed by atoms with Gasteiger partial charge in [-0.15, -0.1) is 0 Å². The van der Waals surface area contributed by atoms with Crippen LogP contribution < -0.4 is 4.74 Å². The SMILES string of the molecule is CC(O)c1cc2c(cn1)OCC2C. The summed E-state index contributed by atoms with van der Waals surface area (Å²) in [7, 11) is 0. The lowest BCUT2D eigenvalue weighted by Crippen LogP contribution is -1.97. The molecule has 0 bridgehead atoms. The van der Waals surface area contributed by atoms with Crippen molar-refractivity contribution in [2.45, 2.75) is 25.9 Å². The molecule has 0 spiro atoms. The first-order valence-electron chi connectivity index (χ1n) is 4.49. The Labute approximate surface area is 77.4 Å². The quantitative estimate of drug-likeness (QED) is 0.712. The van der Waals surface area contributed by atoms with Crippen molar-refractivity contribution < 1.29 is 9.84 Å². The van der Waals surface area contributed by atoms with Gasteiger partial charge in [-0.3, -0.25) is 4.98 Å². The second-order valence-electron chi connectivity index (χ2n) is 3.54. The van der Waals surface area contributed by atoms with Gasteiger partial charge in [0.15, 0.2) is 0 Å². The van der Waals surface area contributed by atoms with Crippen LogP contribution in [0, 0.1) is 0 Å². The minimum atomic E-state index is -0.502. The summed E-state index contributed by atoms with van der Waals surface area (Å²) in [5, 5.41) is 9.34. The molecule has 2 heterocycles. The van der Waals surface area contributed by atoms with Crippen LogP contribution in [0.2, 0.25) is 0 Å². The molecule has 1 aromatic rings. The molecule has 1 aliphatic heterocycles. The van der Waals surface area contributed by atoms with Gasteiger partial charge >= 0.3 is 0 Å². The van der Waals surface area contributed by atoms with Crippen molar-refractivity contribution in [2.24, 2.45) is 0 Å². The van der Waals surface area contributed by atoms with Gasteiger partial charge in [-0.05, 0) is 13.0 Å². The Balaban J connectivity index is 2.42. The highest BCUT2D eigenvalue weighted by Gasteiger charge is 2.21. The molecule has 2 rings (SSSR count). The van der Waals surface area contributed by atoms with Crippen molar-refractivity contribution in [3.8, 4) is 5.75 Å². The fraction of sp³-hybridized carbons (Fsp3) is 0.500. The Morgan fingerprint density at radius 1 is 1.69 bits per heavy atom. The number of hydrogen-bond acceptors (Lipinski definition) is 3. The van der Waals surface area contributed by atoms with Crippen LogP contribution in [0.4, 0.5) is 0 Å². The number of fused-ring (bicyclic) bond motifs is 1. The van der Waals surface area contributed by atoms with Gasteiger partial charge in [0.25, 0.3) is 0 Å². The fourth-order valence-electron chi connectivity index (χ4n) is 1.51. The van der Waals surface area contributed by atoms with Crippen molar-refractivity contribution in [2.75, 3.05) is 6.61 Å². The predicted octanol–water partition coefficient (Wildman–Crippen LogP) is 1.63. The van der Waals surface area contributed by atoms with Crippen LogP contribution in [0.15, 0.2) is 12.3 Å². The maximum atomic E-state index is 9.34. The van der Waals surface area contributed by atoms with E-state index in [2.05, 4.69) is 11.9 Å². The Hall–Kier alpha value is -1.09. The number of aliphatic hydroxyl groups excluding tert-OH is 1. The summed E-state index contributed by atoms with van der Waals surface area (Å²) in [4.78, 5) is 4.11. The van der Waals surface area contributed by atoms with Crippen LogP contribution in [-0.4, -0.2) is 16.7 Å². The Kier molecular flexibility index (Phi) is 1.96. The van der Waals surface area contributed by atoms with Gasteiger partial charge < -0.3 is 9.84 Å². The average Bonchev–Trinajstić information content (AvgIpc) is 2.47. The van der Waals surface area contributed by atoms with Crippen molar-refractivity contribution in [3.63, 3.8) is 0 Å². The lowest BCUT2D eigenvalue weighted by Gasteiger charge is -2.06. The molecule has 0 fully saturated rings. The summed E-state index contributed by atoms with van der Waals surface area (Å²) in [5.41, 5.74) is 1.88. The Morgan fingerprint density at radius 2 is 2.46 bits per heavy atom. The topological polar surface area (TPSA) is 42.4 Å². The Bertz CT molecular complexity index is 323. The number of rotatable bonds is 1. The number of aromatic nitrogens is 1. The van der Waals surface area contributed by atoms with E-state index in [1.54, 1.807) is 13.1 Å². The van der Waals surface area contributed by atoms with E-state index in [9.17, 15) is 5.11 Å². The van der Waals surface area contributed by atoms with E-state index in [0.717, 1.165) is 23.6 Å². The van der Waals surface area contributed by atoms with E-state index in [1.807, 2.05) is 6.07 Å². The van der Waals surface area contributed by atoms with Gasteiger partial charge in [0, 0.05) is 11.5 Å². The van der Waals surface area contributed by atoms with Gasteiger partial charge in [0.1, 0.15) is 5.75 Å². The standard InChI is InChI=1S/C10H13NO2/c1-6-5-13-10-4-11-9(7(2)12)3-8(6)10/h3-4,6-7,12H,5H2,1-2H3. The fourth-order valence-corrected chi connectivity index (χ4v) is 1.51. The molecule has 0 aromatic carbocycles. The molecule has 0 saturated carbocycles. The first-order chi connectivity index (χ1) is 6.18. The third kappa shape index (κ3) is 1.40.